The molecule has 1 N–H and O–H groups in total. The van der Waals surface area contributed by atoms with Crippen molar-refractivity contribution >= 4 is 34.7 Å². The molecule has 1 unspecified atom stereocenters. The lowest BCUT2D eigenvalue weighted by atomic mass is 9.92. The minimum absolute atomic E-state index is 0.00963. The van der Waals surface area contributed by atoms with E-state index >= 15 is 0 Å². The molecule has 0 radical (unpaired) electrons. The lowest BCUT2D eigenvalue weighted by Gasteiger charge is -2.27. The van der Waals surface area contributed by atoms with Gasteiger partial charge in [-0.15, -0.1) is 0 Å². The largest absolute Gasteiger partial charge is 0.507 e. The van der Waals surface area contributed by atoms with Crippen molar-refractivity contribution in [1.82, 2.24) is 0 Å². The SMILES string of the molecule is CCOc1ccc(/C(O)=C2\C(=O)C(=O)N(c3ccc(OC)c(Cl)c3)C2c2ccccc2C)cc1. The van der Waals surface area contributed by atoms with Gasteiger partial charge >= 0.3 is 0 Å². The molecule has 3 aromatic carbocycles. The number of rotatable bonds is 6. The first kappa shape index (κ1) is 23.4. The molecule has 0 aromatic heterocycles. The summed E-state index contributed by atoms with van der Waals surface area (Å²) in [6, 6.07) is 18.2. The van der Waals surface area contributed by atoms with Gasteiger partial charge in [0.1, 0.15) is 17.3 Å². The molecule has 1 aliphatic rings. The number of aryl methyl sites for hydroxylation is 1. The number of carbonyl (C=O) groups excluding carboxylic acids is 2. The topological polar surface area (TPSA) is 76.1 Å². The van der Waals surface area contributed by atoms with Crippen LogP contribution in [0.3, 0.4) is 0 Å². The van der Waals surface area contributed by atoms with E-state index in [1.807, 2.05) is 38.1 Å². The first-order valence-electron chi connectivity index (χ1n) is 10.8. The number of nitrogens with zero attached hydrogens (tertiary/aromatic N) is 1. The molecule has 7 heteroatoms. The van der Waals surface area contributed by atoms with Crippen molar-refractivity contribution in [2.75, 3.05) is 18.6 Å². The number of ether oxygens (including phenoxy) is 2. The van der Waals surface area contributed by atoms with E-state index in [0.29, 0.717) is 34.4 Å². The van der Waals surface area contributed by atoms with E-state index in [0.717, 1.165) is 11.1 Å². The van der Waals surface area contributed by atoms with Crippen LogP contribution in [-0.4, -0.2) is 30.5 Å². The smallest absolute Gasteiger partial charge is 0.300 e. The van der Waals surface area contributed by atoms with Crippen LogP contribution in [0.5, 0.6) is 11.5 Å². The molecule has 0 saturated carbocycles. The molecular weight excluding hydrogens is 454 g/mol. The number of hydrogen-bond donors (Lipinski definition) is 1. The summed E-state index contributed by atoms with van der Waals surface area (Å²) in [5.41, 5.74) is 2.44. The van der Waals surface area contributed by atoms with Gasteiger partial charge in [0, 0.05) is 11.3 Å². The molecule has 6 nitrogen and oxygen atoms in total. The highest BCUT2D eigenvalue weighted by Crippen LogP contribution is 2.44. The van der Waals surface area contributed by atoms with E-state index in [9.17, 15) is 14.7 Å². The Hall–Kier alpha value is -3.77. The summed E-state index contributed by atoms with van der Waals surface area (Å²) in [5, 5.41) is 11.5. The maximum atomic E-state index is 13.3. The molecule has 4 rings (SSSR count). The Bertz CT molecular complexity index is 1280. The number of aliphatic hydroxyl groups excluding tert-OH is 1. The third kappa shape index (κ3) is 4.13. The molecule has 1 saturated heterocycles. The maximum Gasteiger partial charge on any atom is 0.300 e. The van der Waals surface area contributed by atoms with Gasteiger partial charge in [-0.05, 0) is 67.4 Å². The van der Waals surface area contributed by atoms with E-state index < -0.39 is 17.7 Å². The molecule has 0 aliphatic carbocycles. The fourth-order valence-electron chi connectivity index (χ4n) is 4.12. The van der Waals surface area contributed by atoms with E-state index in [1.54, 1.807) is 42.5 Å². The van der Waals surface area contributed by atoms with Gasteiger partial charge in [0.25, 0.3) is 11.7 Å². The number of halogens is 1. The fraction of sp³-hybridized carbons (Fsp3) is 0.185. The predicted octanol–water partition coefficient (Wildman–Crippen LogP) is 5.68. The third-order valence-electron chi connectivity index (χ3n) is 5.78. The molecule has 3 aromatic rings. The number of Topliss-reactive ketones (excluding diaryl/α,β-unsaturated/α-hetero) is 1. The van der Waals surface area contributed by atoms with Gasteiger partial charge in [-0.3, -0.25) is 14.5 Å². The molecule has 0 spiro atoms. The number of aliphatic hydroxyl groups is 1. The van der Waals surface area contributed by atoms with Crippen LogP contribution in [0.1, 0.15) is 29.7 Å². The zero-order valence-corrected chi connectivity index (χ0v) is 19.8. The lowest BCUT2D eigenvalue weighted by molar-refractivity contribution is -0.132. The fourth-order valence-corrected chi connectivity index (χ4v) is 4.37. The van der Waals surface area contributed by atoms with Crippen LogP contribution in [-0.2, 0) is 9.59 Å². The summed E-state index contributed by atoms with van der Waals surface area (Å²) in [4.78, 5) is 27.9. The van der Waals surface area contributed by atoms with Crippen LogP contribution in [0.2, 0.25) is 5.02 Å². The molecule has 1 atom stereocenters. The second kappa shape index (κ2) is 9.61. The van der Waals surface area contributed by atoms with Gasteiger partial charge in [-0.1, -0.05) is 35.9 Å². The number of amides is 1. The summed E-state index contributed by atoms with van der Waals surface area (Å²) < 4.78 is 10.7. The van der Waals surface area contributed by atoms with Crippen molar-refractivity contribution in [1.29, 1.82) is 0 Å². The summed E-state index contributed by atoms with van der Waals surface area (Å²) in [7, 11) is 1.50. The van der Waals surface area contributed by atoms with Crippen LogP contribution in [0, 0.1) is 6.92 Å². The van der Waals surface area contributed by atoms with Crippen molar-refractivity contribution in [3.8, 4) is 11.5 Å². The van der Waals surface area contributed by atoms with Crippen LogP contribution < -0.4 is 14.4 Å². The maximum absolute atomic E-state index is 13.3. The Kier molecular flexibility index (Phi) is 6.61. The third-order valence-corrected chi connectivity index (χ3v) is 6.08. The summed E-state index contributed by atoms with van der Waals surface area (Å²) in [5.74, 6) is -0.683. The number of benzene rings is 3. The van der Waals surface area contributed by atoms with Gasteiger partial charge in [0.05, 0.1) is 30.4 Å². The Morgan fingerprint density at radius 3 is 2.38 bits per heavy atom. The summed E-state index contributed by atoms with van der Waals surface area (Å²) in [6.07, 6.45) is 0. The quantitative estimate of drug-likeness (QED) is 0.281. The van der Waals surface area contributed by atoms with E-state index in [2.05, 4.69) is 0 Å². The highest BCUT2D eigenvalue weighted by molar-refractivity contribution is 6.52. The molecule has 174 valence electrons. The Labute approximate surface area is 203 Å². The zero-order valence-electron chi connectivity index (χ0n) is 19.0. The molecule has 0 bridgehead atoms. The van der Waals surface area contributed by atoms with Crippen molar-refractivity contribution < 1.29 is 24.2 Å². The summed E-state index contributed by atoms with van der Waals surface area (Å²) >= 11 is 6.33. The minimum Gasteiger partial charge on any atom is -0.507 e. The number of hydrogen-bond acceptors (Lipinski definition) is 5. The van der Waals surface area contributed by atoms with Crippen LogP contribution in [0.25, 0.3) is 5.76 Å². The number of carbonyl (C=O) groups is 2. The van der Waals surface area contributed by atoms with Crippen molar-refractivity contribution in [2.24, 2.45) is 0 Å². The number of methoxy groups -OCH3 is 1. The second-order valence-electron chi connectivity index (χ2n) is 7.80. The molecule has 1 amide bonds. The van der Waals surface area contributed by atoms with E-state index in [-0.39, 0.29) is 11.3 Å². The molecule has 34 heavy (non-hydrogen) atoms. The van der Waals surface area contributed by atoms with Crippen molar-refractivity contribution in [3.63, 3.8) is 0 Å². The lowest BCUT2D eigenvalue weighted by Crippen LogP contribution is -2.29. The first-order chi connectivity index (χ1) is 16.4. The summed E-state index contributed by atoms with van der Waals surface area (Å²) in [6.45, 7) is 4.28. The normalized spacial score (nSPS) is 17.2. The standard InChI is InChI=1S/C27H24ClNO5/c1-4-34-19-12-9-17(10-13-19)25(30)23-24(20-8-6-5-7-16(20)2)29(27(32)26(23)31)18-11-14-22(33-3)21(28)15-18/h5-15,24,30H,4H2,1-3H3/b25-23+. The van der Waals surface area contributed by atoms with Crippen molar-refractivity contribution in [2.45, 2.75) is 19.9 Å². The predicted molar refractivity (Wildman–Crippen MR) is 132 cm³/mol. The van der Waals surface area contributed by atoms with Gasteiger partial charge in [-0.2, -0.15) is 0 Å². The van der Waals surface area contributed by atoms with Crippen molar-refractivity contribution in [3.05, 3.63) is 94.0 Å². The number of ketones is 1. The monoisotopic (exact) mass is 477 g/mol. The van der Waals surface area contributed by atoms with Crippen LogP contribution in [0.15, 0.2) is 72.3 Å². The minimum atomic E-state index is -0.836. The van der Waals surface area contributed by atoms with E-state index in [4.69, 9.17) is 21.1 Å². The average Bonchev–Trinajstić information content (AvgIpc) is 3.10. The number of anilines is 1. The molecular formula is C27H24ClNO5. The van der Waals surface area contributed by atoms with Gasteiger partial charge in [0.15, 0.2) is 0 Å². The Morgan fingerprint density at radius 2 is 1.76 bits per heavy atom. The Balaban J connectivity index is 1.91. The van der Waals surface area contributed by atoms with Gasteiger partial charge in [-0.25, -0.2) is 0 Å². The highest BCUT2D eigenvalue weighted by atomic mass is 35.5. The Morgan fingerprint density at radius 1 is 1.06 bits per heavy atom. The molecule has 1 fully saturated rings. The first-order valence-corrected chi connectivity index (χ1v) is 11.2. The average molecular weight is 478 g/mol. The molecule has 1 heterocycles. The van der Waals surface area contributed by atoms with E-state index in [1.165, 1.54) is 12.0 Å². The highest BCUT2D eigenvalue weighted by Gasteiger charge is 2.47. The van der Waals surface area contributed by atoms with Gasteiger partial charge in [0.2, 0.25) is 0 Å². The van der Waals surface area contributed by atoms with Crippen LogP contribution in [0.4, 0.5) is 5.69 Å². The zero-order chi connectivity index (χ0) is 24.4. The van der Waals surface area contributed by atoms with Gasteiger partial charge < -0.3 is 14.6 Å². The molecule has 1 aliphatic heterocycles. The second-order valence-corrected chi connectivity index (χ2v) is 8.21. The van der Waals surface area contributed by atoms with Crippen LogP contribution >= 0.6 is 11.6 Å².